The van der Waals surface area contributed by atoms with E-state index in [4.69, 9.17) is 4.98 Å². The van der Waals surface area contributed by atoms with Crippen LogP contribution in [0.4, 0.5) is 17.2 Å². The molecular weight excluding hydrogens is 524 g/mol. The zero-order valence-electron chi connectivity index (χ0n) is 24.7. The highest BCUT2D eigenvalue weighted by atomic mass is 16.2. The first-order valence-corrected chi connectivity index (χ1v) is 15.2. The van der Waals surface area contributed by atoms with Gasteiger partial charge in [0.2, 0.25) is 0 Å². The number of nitrogens with zero attached hydrogens (tertiary/aromatic N) is 5. The van der Waals surface area contributed by atoms with Crippen molar-refractivity contribution >= 4 is 23.1 Å². The lowest BCUT2D eigenvalue weighted by Crippen LogP contribution is -2.41. The molecule has 1 N–H and O–H groups in total. The van der Waals surface area contributed by atoms with Crippen LogP contribution < -0.4 is 15.8 Å². The fourth-order valence-corrected chi connectivity index (χ4v) is 7.02. The highest BCUT2D eigenvalue weighted by molar-refractivity contribution is 6.06. The van der Waals surface area contributed by atoms with E-state index in [1.807, 2.05) is 23.2 Å². The number of anilines is 3. The number of amides is 1. The van der Waals surface area contributed by atoms with Crippen LogP contribution in [0.2, 0.25) is 0 Å². The predicted molar refractivity (Wildman–Crippen MR) is 167 cm³/mol. The maximum atomic E-state index is 13.8. The quantitative estimate of drug-likeness (QED) is 0.353. The molecule has 5 heterocycles. The molecule has 0 radical (unpaired) electrons. The lowest BCUT2D eigenvalue weighted by Gasteiger charge is -2.36. The average Bonchev–Trinajstić information content (AvgIpc) is 3.38. The van der Waals surface area contributed by atoms with Crippen molar-refractivity contribution < 1.29 is 4.79 Å². The standard InChI is InChI=1S/C34H38N6O2/c1-4-27-28(13-14-35-32(27)40-16-15-39-30-8-6-5-7-23(30)18-31(39)34(40)42)24-17-29(33(41)38(3)21-24)36-26-11-9-22(10-12-26)25-19-37(2)20-25/h9-14,17-18,21,25,36H,4-8,15-16,19-20H2,1-3H3. The molecule has 1 fully saturated rings. The van der Waals surface area contributed by atoms with Gasteiger partial charge in [-0.3, -0.25) is 14.5 Å². The largest absolute Gasteiger partial charge is 0.351 e. The number of benzene rings is 1. The molecule has 4 aromatic rings. The Hall–Kier alpha value is -4.17. The van der Waals surface area contributed by atoms with Gasteiger partial charge in [0.15, 0.2) is 0 Å². The molecule has 3 aromatic heterocycles. The van der Waals surface area contributed by atoms with Crippen LogP contribution in [-0.2, 0) is 32.9 Å². The molecule has 216 valence electrons. The van der Waals surface area contributed by atoms with Crippen LogP contribution in [-0.4, -0.2) is 51.6 Å². The SMILES string of the molecule is CCc1c(-c2cc(Nc3ccc(C4CN(C)C4)cc3)c(=O)n(C)c2)ccnc1N1CCn2c(cc3c2CCCC3)C1=O. The highest BCUT2D eigenvalue weighted by Gasteiger charge is 2.32. The first-order valence-electron chi connectivity index (χ1n) is 15.2. The first-order chi connectivity index (χ1) is 20.4. The number of pyridine rings is 2. The lowest BCUT2D eigenvalue weighted by atomic mass is 9.92. The molecule has 0 spiro atoms. The number of aryl methyl sites for hydroxylation is 2. The Balaban J connectivity index is 1.20. The van der Waals surface area contributed by atoms with Crippen molar-refractivity contribution in [3.63, 3.8) is 0 Å². The summed E-state index contributed by atoms with van der Waals surface area (Å²) in [5.74, 6) is 1.32. The van der Waals surface area contributed by atoms with Gasteiger partial charge < -0.3 is 19.4 Å². The number of hydrogen-bond donors (Lipinski definition) is 1. The number of carbonyl (C=O) groups is 1. The Morgan fingerprint density at radius 1 is 0.976 bits per heavy atom. The summed E-state index contributed by atoms with van der Waals surface area (Å²) in [6.45, 7) is 5.66. The molecule has 8 heteroatoms. The van der Waals surface area contributed by atoms with Gasteiger partial charge in [0.1, 0.15) is 17.2 Å². The van der Waals surface area contributed by atoms with E-state index in [2.05, 4.69) is 59.1 Å². The summed E-state index contributed by atoms with van der Waals surface area (Å²) >= 11 is 0. The zero-order chi connectivity index (χ0) is 29.0. The van der Waals surface area contributed by atoms with E-state index in [0.717, 1.165) is 60.5 Å². The number of fused-ring (bicyclic) bond motifs is 3. The normalized spacial score (nSPS) is 17.1. The van der Waals surface area contributed by atoms with Gasteiger partial charge in [-0.05, 0) is 86.2 Å². The molecule has 42 heavy (non-hydrogen) atoms. The summed E-state index contributed by atoms with van der Waals surface area (Å²) < 4.78 is 3.87. The summed E-state index contributed by atoms with van der Waals surface area (Å²) in [6, 6.07) is 14.4. The molecule has 2 aliphatic heterocycles. The molecule has 1 amide bonds. The lowest BCUT2D eigenvalue weighted by molar-refractivity contribution is 0.0963. The third-order valence-corrected chi connectivity index (χ3v) is 9.28. The second-order valence-corrected chi connectivity index (χ2v) is 12.1. The molecule has 0 unspecified atom stereocenters. The predicted octanol–water partition coefficient (Wildman–Crippen LogP) is 5.12. The van der Waals surface area contributed by atoms with Crippen LogP contribution in [0.1, 0.15) is 58.6 Å². The minimum absolute atomic E-state index is 0.0230. The van der Waals surface area contributed by atoms with Crippen molar-refractivity contribution in [2.75, 3.05) is 36.9 Å². The van der Waals surface area contributed by atoms with E-state index in [1.165, 1.54) is 29.7 Å². The molecule has 0 atom stereocenters. The van der Waals surface area contributed by atoms with E-state index < -0.39 is 0 Å². The Morgan fingerprint density at radius 3 is 2.52 bits per heavy atom. The van der Waals surface area contributed by atoms with Crippen molar-refractivity contribution in [2.24, 2.45) is 7.05 Å². The molecular formula is C34H38N6O2. The van der Waals surface area contributed by atoms with Gasteiger partial charge in [-0.25, -0.2) is 4.98 Å². The van der Waals surface area contributed by atoms with E-state index in [1.54, 1.807) is 17.8 Å². The third-order valence-electron chi connectivity index (χ3n) is 9.28. The minimum atomic E-state index is -0.0910. The smallest absolute Gasteiger partial charge is 0.276 e. The van der Waals surface area contributed by atoms with Crippen molar-refractivity contribution in [1.29, 1.82) is 0 Å². The van der Waals surface area contributed by atoms with Gasteiger partial charge >= 0.3 is 0 Å². The fraction of sp³-hybridized carbons (Fsp3) is 0.382. The van der Waals surface area contributed by atoms with E-state index in [9.17, 15) is 9.59 Å². The number of aromatic nitrogens is 3. The molecule has 0 saturated carbocycles. The monoisotopic (exact) mass is 562 g/mol. The Kier molecular flexibility index (Phi) is 6.73. The van der Waals surface area contributed by atoms with Crippen LogP contribution in [0.15, 0.2) is 59.7 Å². The fourth-order valence-electron chi connectivity index (χ4n) is 7.02. The molecule has 7 rings (SSSR count). The molecule has 8 nitrogen and oxygen atoms in total. The highest BCUT2D eigenvalue weighted by Crippen LogP contribution is 2.35. The van der Waals surface area contributed by atoms with Crippen LogP contribution in [0.3, 0.4) is 0 Å². The minimum Gasteiger partial charge on any atom is -0.351 e. The molecule has 1 saturated heterocycles. The van der Waals surface area contributed by atoms with Crippen molar-refractivity contribution in [3.05, 3.63) is 93.3 Å². The van der Waals surface area contributed by atoms with Crippen molar-refractivity contribution in [3.8, 4) is 11.1 Å². The van der Waals surface area contributed by atoms with E-state index >= 15 is 0 Å². The Labute approximate surface area is 246 Å². The number of carbonyl (C=O) groups excluding carboxylic acids is 1. The average molecular weight is 563 g/mol. The molecule has 1 aliphatic carbocycles. The Morgan fingerprint density at radius 2 is 1.76 bits per heavy atom. The van der Waals surface area contributed by atoms with Gasteiger partial charge in [-0.15, -0.1) is 0 Å². The maximum Gasteiger partial charge on any atom is 0.276 e. The van der Waals surface area contributed by atoms with Crippen molar-refractivity contribution in [2.45, 2.75) is 51.5 Å². The molecule has 3 aliphatic rings. The number of likely N-dealkylation sites (N-methyl/N-ethyl adjacent to an activating group) is 1. The van der Waals surface area contributed by atoms with Gasteiger partial charge in [0, 0.05) is 74.0 Å². The maximum absolute atomic E-state index is 13.8. The van der Waals surface area contributed by atoms with Crippen LogP contribution in [0.25, 0.3) is 11.1 Å². The summed E-state index contributed by atoms with van der Waals surface area (Å²) in [6.07, 6.45) is 8.87. The summed E-state index contributed by atoms with van der Waals surface area (Å²) in [7, 11) is 3.92. The van der Waals surface area contributed by atoms with Gasteiger partial charge in [0.25, 0.3) is 11.5 Å². The third kappa shape index (κ3) is 4.54. The summed E-state index contributed by atoms with van der Waals surface area (Å²) in [4.78, 5) is 35.9. The number of likely N-dealkylation sites (tertiary alicyclic amines) is 1. The summed E-state index contributed by atoms with van der Waals surface area (Å²) in [5.41, 5.74) is 9.01. The second-order valence-electron chi connectivity index (χ2n) is 12.1. The van der Waals surface area contributed by atoms with Gasteiger partial charge in [0.05, 0.1) is 0 Å². The second kappa shape index (κ2) is 10.6. The van der Waals surface area contributed by atoms with Gasteiger partial charge in [-0.2, -0.15) is 0 Å². The van der Waals surface area contributed by atoms with E-state index in [-0.39, 0.29) is 11.5 Å². The first kappa shape index (κ1) is 26.7. The number of hydrogen-bond acceptors (Lipinski definition) is 5. The number of nitrogens with one attached hydrogen (secondary N) is 1. The van der Waals surface area contributed by atoms with Crippen LogP contribution in [0, 0.1) is 0 Å². The van der Waals surface area contributed by atoms with Crippen LogP contribution in [0.5, 0.6) is 0 Å². The molecule has 1 aromatic carbocycles. The summed E-state index contributed by atoms with van der Waals surface area (Å²) in [5, 5.41) is 3.36. The zero-order valence-corrected chi connectivity index (χ0v) is 24.7. The van der Waals surface area contributed by atoms with E-state index in [0.29, 0.717) is 30.4 Å². The Bertz CT molecular complexity index is 1730. The molecule has 0 bridgehead atoms. The van der Waals surface area contributed by atoms with Gasteiger partial charge in [-0.1, -0.05) is 19.1 Å². The van der Waals surface area contributed by atoms with Crippen LogP contribution >= 0.6 is 0 Å². The van der Waals surface area contributed by atoms with Crippen molar-refractivity contribution in [1.82, 2.24) is 19.0 Å². The topological polar surface area (TPSA) is 75.4 Å². The number of rotatable bonds is 6.